The number of rotatable bonds is 2. The molecule has 0 saturated carbocycles. The van der Waals surface area contributed by atoms with Crippen molar-refractivity contribution < 1.29 is 13.6 Å². The Labute approximate surface area is 89.6 Å². The summed E-state index contributed by atoms with van der Waals surface area (Å²) in [6, 6.07) is -0.310. The first-order valence-corrected chi connectivity index (χ1v) is 5.43. The number of halogens is 2. The van der Waals surface area contributed by atoms with Gasteiger partial charge in [0.2, 0.25) is 5.91 Å². The van der Waals surface area contributed by atoms with Gasteiger partial charge in [0.15, 0.2) is 0 Å². The van der Waals surface area contributed by atoms with Gasteiger partial charge < -0.3 is 4.90 Å². The standard InChI is InChI=1S/C11H19F2NO/c1-7(2)9-5-11(12,13)6-14(9)10(15)8(3)4/h7-9H,5-6H2,1-4H3. The molecule has 15 heavy (non-hydrogen) atoms. The lowest BCUT2D eigenvalue weighted by Crippen LogP contribution is -2.41. The second-order valence-corrected chi connectivity index (χ2v) is 4.99. The van der Waals surface area contributed by atoms with E-state index in [0.717, 1.165) is 0 Å². The Morgan fingerprint density at radius 2 is 1.87 bits per heavy atom. The van der Waals surface area contributed by atoms with Crippen molar-refractivity contribution >= 4 is 5.91 Å². The molecule has 4 heteroatoms. The van der Waals surface area contributed by atoms with Crippen LogP contribution in [0.2, 0.25) is 0 Å². The van der Waals surface area contributed by atoms with Crippen LogP contribution in [0.15, 0.2) is 0 Å². The zero-order valence-corrected chi connectivity index (χ0v) is 9.76. The molecular weight excluding hydrogens is 200 g/mol. The summed E-state index contributed by atoms with van der Waals surface area (Å²) >= 11 is 0. The third-order valence-electron chi connectivity index (χ3n) is 2.86. The SMILES string of the molecule is CC(C)C(=O)N1CC(F)(F)CC1C(C)C. The van der Waals surface area contributed by atoms with Gasteiger partial charge in [0.05, 0.1) is 6.54 Å². The molecule has 0 aliphatic carbocycles. The Bertz CT molecular complexity index is 251. The van der Waals surface area contributed by atoms with Gasteiger partial charge in [-0.2, -0.15) is 0 Å². The van der Waals surface area contributed by atoms with Crippen molar-refractivity contribution in [2.45, 2.75) is 46.1 Å². The molecule has 1 saturated heterocycles. The first kappa shape index (κ1) is 12.4. The zero-order chi connectivity index (χ0) is 11.8. The van der Waals surface area contributed by atoms with Crippen LogP contribution in [0.5, 0.6) is 0 Å². The minimum atomic E-state index is -2.71. The second kappa shape index (κ2) is 4.06. The molecule has 0 N–H and O–H groups in total. The summed E-state index contributed by atoms with van der Waals surface area (Å²) in [5.41, 5.74) is 0. The van der Waals surface area contributed by atoms with E-state index in [1.165, 1.54) is 4.90 Å². The van der Waals surface area contributed by atoms with Gasteiger partial charge in [-0.15, -0.1) is 0 Å². The Balaban J connectivity index is 2.82. The molecule has 1 fully saturated rings. The van der Waals surface area contributed by atoms with Gasteiger partial charge in [-0.25, -0.2) is 8.78 Å². The molecule has 1 aliphatic heterocycles. The maximum absolute atomic E-state index is 13.2. The molecule has 1 unspecified atom stereocenters. The minimum absolute atomic E-state index is 0.0843. The molecule has 1 rings (SSSR count). The number of likely N-dealkylation sites (tertiary alicyclic amines) is 1. The zero-order valence-electron chi connectivity index (χ0n) is 9.76. The van der Waals surface area contributed by atoms with Gasteiger partial charge in [0.1, 0.15) is 0 Å². The molecule has 0 radical (unpaired) electrons. The molecule has 0 aromatic heterocycles. The van der Waals surface area contributed by atoms with Crippen LogP contribution in [0.1, 0.15) is 34.1 Å². The number of hydrogen-bond acceptors (Lipinski definition) is 1. The summed E-state index contributed by atoms with van der Waals surface area (Å²) in [7, 11) is 0. The fraction of sp³-hybridized carbons (Fsp3) is 0.909. The van der Waals surface area contributed by atoms with Crippen molar-refractivity contribution in [3.8, 4) is 0 Å². The summed E-state index contributed by atoms with van der Waals surface area (Å²) in [5.74, 6) is -2.99. The van der Waals surface area contributed by atoms with E-state index in [9.17, 15) is 13.6 Å². The lowest BCUT2D eigenvalue weighted by molar-refractivity contribution is -0.137. The van der Waals surface area contributed by atoms with Gasteiger partial charge in [-0.3, -0.25) is 4.79 Å². The second-order valence-electron chi connectivity index (χ2n) is 4.99. The third kappa shape index (κ3) is 2.67. The fourth-order valence-electron chi connectivity index (χ4n) is 2.02. The largest absolute Gasteiger partial charge is 0.333 e. The van der Waals surface area contributed by atoms with E-state index in [2.05, 4.69) is 0 Å². The van der Waals surface area contributed by atoms with Crippen molar-refractivity contribution in [3.05, 3.63) is 0 Å². The maximum Gasteiger partial charge on any atom is 0.267 e. The molecule has 1 heterocycles. The van der Waals surface area contributed by atoms with Crippen molar-refractivity contribution in [2.24, 2.45) is 11.8 Å². The smallest absolute Gasteiger partial charge is 0.267 e. The molecule has 1 aliphatic rings. The number of amides is 1. The van der Waals surface area contributed by atoms with Crippen molar-refractivity contribution in [1.82, 2.24) is 4.90 Å². The minimum Gasteiger partial charge on any atom is -0.333 e. The monoisotopic (exact) mass is 219 g/mol. The highest BCUT2D eigenvalue weighted by atomic mass is 19.3. The van der Waals surface area contributed by atoms with Gasteiger partial charge in [0, 0.05) is 18.4 Å². The average Bonchev–Trinajstić information content (AvgIpc) is 2.40. The van der Waals surface area contributed by atoms with Crippen LogP contribution in [-0.2, 0) is 4.79 Å². The molecule has 1 amide bonds. The van der Waals surface area contributed by atoms with Crippen LogP contribution >= 0.6 is 0 Å². The van der Waals surface area contributed by atoms with E-state index in [4.69, 9.17) is 0 Å². The first-order chi connectivity index (χ1) is 6.74. The number of nitrogens with zero attached hydrogens (tertiary/aromatic N) is 1. The summed E-state index contributed by atoms with van der Waals surface area (Å²) in [6.45, 7) is 6.85. The van der Waals surface area contributed by atoms with E-state index in [-0.39, 0.29) is 30.2 Å². The fourth-order valence-corrected chi connectivity index (χ4v) is 2.02. The van der Waals surface area contributed by atoms with E-state index in [1.807, 2.05) is 13.8 Å². The molecule has 88 valence electrons. The van der Waals surface area contributed by atoms with Gasteiger partial charge in [-0.1, -0.05) is 27.7 Å². The molecule has 0 aromatic rings. The molecule has 1 atom stereocenters. The van der Waals surface area contributed by atoms with Crippen LogP contribution in [0.3, 0.4) is 0 Å². The molecule has 0 aromatic carbocycles. The van der Waals surface area contributed by atoms with E-state index in [1.54, 1.807) is 13.8 Å². The quantitative estimate of drug-likeness (QED) is 0.699. The van der Waals surface area contributed by atoms with E-state index < -0.39 is 12.5 Å². The summed E-state index contributed by atoms with van der Waals surface area (Å²) < 4.78 is 26.5. The van der Waals surface area contributed by atoms with Crippen LogP contribution in [0.25, 0.3) is 0 Å². The predicted molar refractivity (Wildman–Crippen MR) is 54.7 cm³/mol. The highest BCUT2D eigenvalue weighted by Crippen LogP contribution is 2.35. The van der Waals surface area contributed by atoms with E-state index >= 15 is 0 Å². The predicted octanol–water partition coefficient (Wildman–Crippen LogP) is 2.53. The third-order valence-corrected chi connectivity index (χ3v) is 2.86. The number of alkyl halides is 2. The highest BCUT2D eigenvalue weighted by molar-refractivity contribution is 5.79. The highest BCUT2D eigenvalue weighted by Gasteiger charge is 2.48. The van der Waals surface area contributed by atoms with E-state index in [0.29, 0.717) is 0 Å². The first-order valence-electron chi connectivity index (χ1n) is 5.43. The van der Waals surface area contributed by atoms with Crippen LogP contribution in [0.4, 0.5) is 8.78 Å². The Hall–Kier alpha value is -0.670. The molecule has 0 spiro atoms. The lowest BCUT2D eigenvalue weighted by Gasteiger charge is -2.28. The Kier molecular flexibility index (Phi) is 3.36. The van der Waals surface area contributed by atoms with Gasteiger partial charge in [0.25, 0.3) is 5.92 Å². The lowest BCUT2D eigenvalue weighted by atomic mass is 10.0. The van der Waals surface area contributed by atoms with Gasteiger partial charge >= 0.3 is 0 Å². The van der Waals surface area contributed by atoms with Gasteiger partial charge in [-0.05, 0) is 5.92 Å². The average molecular weight is 219 g/mol. The Morgan fingerprint density at radius 3 is 2.27 bits per heavy atom. The molecule has 2 nitrogen and oxygen atoms in total. The maximum atomic E-state index is 13.2. The number of carbonyl (C=O) groups is 1. The topological polar surface area (TPSA) is 20.3 Å². The van der Waals surface area contributed by atoms with Crippen LogP contribution in [-0.4, -0.2) is 29.3 Å². The van der Waals surface area contributed by atoms with Crippen molar-refractivity contribution in [1.29, 1.82) is 0 Å². The van der Waals surface area contributed by atoms with Crippen molar-refractivity contribution in [2.75, 3.05) is 6.54 Å². The molecular formula is C11H19F2NO. The summed E-state index contributed by atoms with van der Waals surface area (Å²) in [5, 5.41) is 0. The van der Waals surface area contributed by atoms with Crippen LogP contribution < -0.4 is 0 Å². The number of carbonyl (C=O) groups excluding carboxylic acids is 1. The number of hydrogen-bond donors (Lipinski definition) is 0. The molecule has 0 bridgehead atoms. The summed E-state index contributed by atoms with van der Waals surface area (Å²) in [6.07, 6.45) is -0.191. The Morgan fingerprint density at radius 1 is 1.33 bits per heavy atom. The van der Waals surface area contributed by atoms with Crippen molar-refractivity contribution in [3.63, 3.8) is 0 Å². The van der Waals surface area contributed by atoms with Crippen LogP contribution in [0, 0.1) is 11.8 Å². The normalized spacial score (nSPS) is 25.3. The summed E-state index contributed by atoms with van der Waals surface area (Å²) in [4.78, 5) is 13.1.